The number of benzene rings is 1. The van der Waals surface area contributed by atoms with Crippen LogP contribution in [-0.2, 0) is 9.59 Å². The minimum atomic E-state index is -0.454. The fraction of sp³-hybridized carbons (Fsp3) is 0.333. The zero-order valence-corrected chi connectivity index (χ0v) is 10.6. The van der Waals surface area contributed by atoms with Gasteiger partial charge in [0.15, 0.2) is 0 Å². The fourth-order valence-corrected chi connectivity index (χ4v) is 2.49. The molecule has 0 bridgehead atoms. The molecule has 2 rings (SSSR count). The molecule has 0 saturated carbocycles. The molecule has 4 nitrogen and oxygen atoms in total. The highest BCUT2D eigenvalue weighted by atomic mass is 32.2. The van der Waals surface area contributed by atoms with Gasteiger partial charge in [0, 0.05) is 4.90 Å². The fourth-order valence-electron chi connectivity index (χ4n) is 1.90. The van der Waals surface area contributed by atoms with Crippen molar-refractivity contribution < 1.29 is 9.59 Å². The van der Waals surface area contributed by atoms with Crippen molar-refractivity contribution in [1.29, 1.82) is 0 Å². The number of nitrogens with zero attached hydrogens (tertiary/aromatic N) is 1. The minimum absolute atomic E-state index is 0.0707. The molecule has 1 aromatic carbocycles. The summed E-state index contributed by atoms with van der Waals surface area (Å²) < 4.78 is 0. The molecule has 1 N–H and O–H groups in total. The van der Waals surface area contributed by atoms with Crippen molar-refractivity contribution in [2.24, 2.45) is 0 Å². The topological polar surface area (TPSA) is 49.4 Å². The predicted octanol–water partition coefficient (Wildman–Crippen LogP) is 1.26. The number of anilines is 1. The van der Waals surface area contributed by atoms with Gasteiger partial charge in [-0.1, -0.05) is 12.1 Å². The third-order valence-corrected chi connectivity index (χ3v) is 3.58. The second-order valence-electron chi connectivity index (χ2n) is 3.83. The molecule has 2 amide bonds. The molecule has 1 aliphatic heterocycles. The van der Waals surface area contributed by atoms with Gasteiger partial charge in [-0.15, -0.1) is 11.8 Å². The average molecular weight is 250 g/mol. The maximum atomic E-state index is 11.9. The highest BCUT2D eigenvalue weighted by Gasteiger charge is 2.32. The van der Waals surface area contributed by atoms with Gasteiger partial charge in [0.25, 0.3) is 0 Å². The summed E-state index contributed by atoms with van der Waals surface area (Å²) in [5.74, 6) is -0.181. The lowest BCUT2D eigenvalue weighted by Gasteiger charge is -2.33. The van der Waals surface area contributed by atoms with E-state index in [0.29, 0.717) is 0 Å². The summed E-state index contributed by atoms with van der Waals surface area (Å²) in [4.78, 5) is 26.1. The summed E-state index contributed by atoms with van der Waals surface area (Å²) in [5, 5.41) is 2.58. The van der Waals surface area contributed by atoms with Gasteiger partial charge in [-0.2, -0.15) is 0 Å². The van der Waals surface area contributed by atoms with E-state index in [1.807, 2.05) is 30.5 Å². The number of thioether (sulfide) groups is 1. The van der Waals surface area contributed by atoms with Crippen LogP contribution in [0.4, 0.5) is 5.69 Å². The van der Waals surface area contributed by atoms with Crippen LogP contribution in [0.25, 0.3) is 0 Å². The quantitative estimate of drug-likeness (QED) is 0.804. The van der Waals surface area contributed by atoms with Gasteiger partial charge in [-0.3, -0.25) is 14.5 Å². The van der Waals surface area contributed by atoms with E-state index in [4.69, 9.17) is 0 Å². The minimum Gasteiger partial charge on any atom is -0.345 e. The number of hydrogen-bond acceptors (Lipinski definition) is 3. The lowest BCUT2D eigenvalue weighted by atomic mass is 10.1. The van der Waals surface area contributed by atoms with E-state index in [2.05, 4.69) is 5.32 Å². The van der Waals surface area contributed by atoms with Crippen molar-refractivity contribution in [3.05, 3.63) is 24.3 Å². The largest absolute Gasteiger partial charge is 0.345 e. The Morgan fingerprint density at radius 2 is 2.06 bits per heavy atom. The van der Waals surface area contributed by atoms with Crippen LogP contribution in [0, 0.1) is 0 Å². The van der Waals surface area contributed by atoms with Gasteiger partial charge in [0.1, 0.15) is 6.04 Å². The standard InChI is InChI=1S/C12H14N2O2S/c1-8-12(16)13-7-11(15)14(8)9-5-3-4-6-10(9)17-2/h3-6,8H,7H2,1-2H3,(H,13,16). The summed E-state index contributed by atoms with van der Waals surface area (Å²) in [6, 6.07) is 7.17. The van der Waals surface area contributed by atoms with Crippen molar-refractivity contribution in [3.63, 3.8) is 0 Å². The van der Waals surface area contributed by atoms with E-state index in [1.165, 1.54) is 0 Å². The molecule has 1 aliphatic rings. The summed E-state index contributed by atoms with van der Waals surface area (Å²) >= 11 is 1.57. The molecule has 0 radical (unpaired) electrons. The third kappa shape index (κ3) is 2.15. The molecule has 1 saturated heterocycles. The van der Waals surface area contributed by atoms with Crippen LogP contribution in [0.1, 0.15) is 6.92 Å². The highest BCUT2D eigenvalue weighted by Crippen LogP contribution is 2.30. The van der Waals surface area contributed by atoms with Crippen LogP contribution in [-0.4, -0.2) is 30.7 Å². The van der Waals surface area contributed by atoms with Crippen LogP contribution in [0.3, 0.4) is 0 Å². The first kappa shape index (κ1) is 12.0. The zero-order valence-electron chi connectivity index (χ0n) is 9.77. The van der Waals surface area contributed by atoms with Crippen molar-refractivity contribution >= 4 is 29.3 Å². The summed E-state index contributed by atoms with van der Waals surface area (Å²) in [5.41, 5.74) is 0.812. The lowest BCUT2D eigenvalue weighted by molar-refractivity contribution is -0.130. The van der Waals surface area contributed by atoms with E-state index in [-0.39, 0.29) is 18.4 Å². The molecule has 1 aromatic rings. The zero-order chi connectivity index (χ0) is 12.4. The molecule has 90 valence electrons. The number of piperazine rings is 1. The molecule has 0 spiro atoms. The molecule has 1 atom stereocenters. The smallest absolute Gasteiger partial charge is 0.247 e. The second kappa shape index (κ2) is 4.79. The van der Waals surface area contributed by atoms with Crippen LogP contribution in [0.2, 0.25) is 0 Å². The van der Waals surface area contributed by atoms with Gasteiger partial charge in [0.05, 0.1) is 12.2 Å². The van der Waals surface area contributed by atoms with Crippen LogP contribution in [0.5, 0.6) is 0 Å². The number of para-hydroxylation sites is 1. The number of hydrogen-bond donors (Lipinski definition) is 1. The molecule has 17 heavy (non-hydrogen) atoms. The molecule has 0 aliphatic carbocycles. The number of nitrogens with one attached hydrogen (secondary N) is 1. The van der Waals surface area contributed by atoms with Gasteiger partial charge < -0.3 is 5.32 Å². The van der Waals surface area contributed by atoms with Crippen molar-refractivity contribution in [3.8, 4) is 0 Å². The number of rotatable bonds is 2. The normalized spacial score (nSPS) is 20.4. The van der Waals surface area contributed by atoms with Crippen molar-refractivity contribution in [1.82, 2.24) is 5.32 Å². The molecule has 0 aromatic heterocycles. The predicted molar refractivity (Wildman–Crippen MR) is 68.2 cm³/mol. The van der Waals surface area contributed by atoms with Gasteiger partial charge >= 0.3 is 0 Å². The first-order valence-corrected chi connectivity index (χ1v) is 6.60. The Labute approximate surface area is 104 Å². The Morgan fingerprint density at radius 1 is 1.35 bits per heavy atom. The SMILES string of the molecule is CSc1ccccc1N1C(=O)CNC(=O)C1C. The Morgan fingerprint density at radius 3 is 2.76 bits per heavy atom. The average Bonchev–Trinajstić information content (AvgIpc) is 2.35. The maximum Gasteiger partial charge on any atom is 0.247 e. The van der Waals surface area contributed by atoms with E-state index >= 15 is 0 Å². The Kier molecular flexibility index (Phi) is 3.38. The molecular weight excluding hydrogens is 236 g/mol. The Hall–Kier alpha value is -1.49. The number of amides is 2. The number of carbonyl (C=O) groups excluding carboxylic acids is 2. The monoisotopic (exact) mass is 250 g/mol. The maximum absolute atomic E-state index is 11.9. The molecule has 1 unspecified atom stereocenters. The van der Waals surface area contributed by atoms with Crippen molar-refractivity contribution in [2.45, 2.75) is 17.9 Å². The lowest BCUT2D eigenvalue weighted by Crippen LogP contribution is -2.57. The highest BCUT2D eigenvalue weighted by molar-refractivity contribution is 7.98. The van der Waals surface area contributed by atoms with Gasteiger partial charge in [0.2, 0.25) is 11.8 Å². The van der Waals surface area contributed by atoms with E-state index in [0.717, 1.165) is 10.6 Å². The third-order valence-electron chi connectivity index (χ3n) is 2.79. The number of carbonyl (C=O) groups is 2. The van der Waals surface area contributed by atoms with E-state index < -0.39 is 6.04 Å². The van der Waals surface area contributed by atoms with Crippen molar-refractivity contribution in [2.75, 3.05) is 17.7 Å². The molecule has 1 heterocycles. The van der Waals surface area contributed by atoms with Gasteiger partial charge in [-0.25, -0.2) is 0 Å². The van der Waals surface area contributed by atoms with E-state index in [9.17, 15) is 9.59 Å². The summed E-state index contributed by atoms with van der Waals surface area (Å²) in [6.07, 6.45) is 1.96. The first-order valence-electron chi connectivity index (χ1n) is 5.38. The van der Waals surface area contributed by atoms with E-state index in [1.54, 1.807) is 23.6 Å². The van der Waals surface area contributed by atoms with Crippen LogP contribution in [0.15, 0.2) is 29.2 Å². The van der Waals surface area contributed by atoms with Crippen LogP contribution < -0.4 is 10.2 Å². The Balaban J connectivity index is 2.43. The first-order chi connectivity index (χ1) is 8.15. The molecule has 5 heteroatoms. The van der Waals surface area contributed by atoms with Crippen LogP contribution >= 0.6 is 11.8 Å². The molecule has 1 fully saturated rings. The second-order valence-corrected chi connectivity index (χ2v) is 4.68. The Bertz CT molecular complexity index is 462. The summed E-state index contributed by atoms with van der Waals surface area (Å²) in [7, 11) is 0. The van der Waals surface area contributed by atoms with Gasteiger partial charge in [-0.05, 0) is 25.3 Å². The summed E-state index contributed by atoms with van der Waals surface area (Å²) in [6.45, 7) is 1.81. The molecular formula is C12H14N2O2S.